The summed E-state index contributed by atoms with van der Waals surface area (Å²) in [6.07, 6.45) is 1.42. The molecule has 2 N–H and O–H groups in total. The van der Waals surface area contributed by atoms with Crippen molar-refractivity contribution in [1.82, 2.24) is 0 Å². The average Bonchev–Trinajstić information content (AvgIpc) is 3.28. The highest BCUT2D eigenvalue weighted by Gasteiger charge is 2.14. The van der Waals surface area contributed by atoms with E-state index in [0.29, 0.717) is 22.9 Å². The molecule has 2 aromatic carbocycles. The van der Waals surface area contributed by atoms with E-state index in [9.17, 15) is 9.59 Å². The number of nitrogens with one attached hydrogen (secondary N) is 2. The lowest BCUT2D eigenvalue weighted by atomic mass is 10.0. The van der Waals surface area contributed by atoms with Crippen LogP contribution >= 0.6 is 0 Å². The second-order valence-corrected chi connectivity index (χ2v) is 7.38. The van der Waals surface area contributed by atoms with E-state index in [1.54, 1.807) is 30.3 Å². The summed E-state index contributed by atoms with van der Waals surface area (Å²) in [5.41, 5.74) is 3.10. The first-order valence-corrected chi connectivity index (χ1v) is 9.93. The van der Waals surface area contributed by atoms with Gasteiger partial charge < -0.3 is 24.5 Å². The molecule has 0 aliphatic carbocycles. The van der Waals surface area contributed by atoms with E-state index in [-0.39, 0.29) is 24.2 Å². The molecule has 31 heavy (non-hydrogen) atoms. The lowest BCUT2D eigenvalue weighted by Gasteiger charge is -2.15. The first kappa shape index (κ1) is 22.0. The monoisotopic (exact) mass is 422 g/mol. The molecule has 162 valence electrons. The molecule has 1 aromatic heterocycles. The Morgan fingerprint density at radius 2 is 1.84 bits per heavy atom. The maximum atomic E-state index is 12.4. The van der Waals surface area contributed by atoms with E-state index >= 15 is 0 Å². The maximum absolute atomic E-state index is 12.4. The summed E-state index contributed by atoms with van der Waals surface area (Å²) in [6, 6.07) is 14.1. The quantitative estimate of drug-likeness (QED) is 0.534. The van der Waals surface area contributed by atoms with Crippen molar-refractivity contribution in [3.05, 3.63) is 71.7 Å². The van der Waals surface area contributed by atoms with Gasteiger partial charge in [-0.2, -0.15) is 0 Å². The topological polar surface area (TPSA) is 89.8 Å². The Bertz CT molecular complexity index is 1060. The van der Waals surface area contributed by atoms with Crippen LogP contribution in [0.4, 0.5) is 11.4 Å². The molecule has 1 heterocycles. The number of rotatable bonds is 8. The highest BCUT2D eigenvalue weighted by Crippen LogP contribution is 2.29. The molecule has 0 aliphatic rings. The molecule has 3 rings (SSSR count). The van der Waals surface area contributed by atoms with Crippen LogP contribution in [-0.4, -0.2) is 25.5 Å². The van der Waals surface area contributed by atoms with Gasteiger partial charge in [-0.05, 0) is 54.3 Å². The fourth-order valence-electron chi connectivity index (χ4n) is 3.05. The summed E-state index contributed by atoms with van der Waals surface area (Å²) < 4.78 is 16.2. The number of amides is 2. The SMILES string of the molecule is COc1cc(NC(=O)COc2cc(C)ccc2C(C)C)ccc1NC(=O)c1ccco1. The third kappa shape index (κ3) is 5.66. The molecule has 3 aromatic rings. The van der Waals surface area contributed by atoms with Crippen molar-refractivity contribution in [2.24, 2.45) is 0 Å². The van der Waals surface area contributed by atoms with Crippen molar-refractivity contribution in [3.8, 4) is 11.5 Å². The molecule has 0 radical (unpaired) electrons. The van der Waals surface area contributed by atoms with Crippen LogP contribution in [0.5, 0.6) is 11.5 Å². The van der Waals surface area contributed by atoms with Crippen molar-refractivity contribution < 1.29 is 23.5 Å². The zero-order valence-electron chi connectivity index (χ0n) is 18.0. The minimum Gasteiger partial charge on any atom is -0.494 e. The van der Waals surface area contributed by atoms with E-state index < -0.39 is 5.91 Å². The summed E-state index contributed by atoms with van der Waals surface area (Å²) in [7, 11) is 1.48. The lowest BCUT2D eigenvalue weighted by Crippen LogP contribution is -2.21. The zero-order chi connectivity index (χ0) is 22.4. The molecule has 0 saturated heterocycles. The largest absolute Gasteiger partial charge is 0.494 e. The minimum absolute atomic E-state index is 0.123. The number of hydrogen-bond acceptors (Lipinski definition) is 5. The molecule has 7 nitrogen and oxygen atoms in total. The predicted octanol–water partition coefficient (Wildman–Crippen LogP) is 4.99. The Balaban J connectivity index is 1.64. The summed E-state index contributed by atoms with van der Waals surface area (Å²) in [4.78, 5) is 24.6. The summed E-state index contributed by atoms with van der Waals surface area (Å²) in [5, 5.41) is 5.50. The number of anilines is 2. The molecule has 0 unspecified atom stereocenters. The van der Waals surface area contributed by atoms with Crippen molar-refractivity contribution in [3.63, 3.8) is 0 Å². The molecule has 0 aliphatic heterocycles. The Morgan fingerprint density at radius 1 is 1.03 bits per heavy atom. The third-order valence-corrected chi connectivity index (χ3v) is 4.63. The van der Waals surface area contributed by atoms with Crippen molar-refractivity contribution in [2.75, 3.05) is 24.4 Å². The minimum atomic E-state index is -0.396. The predicted molar refractivity (Wildman–Crippen MR) is 119 cm³/mol. The highest BCUT2D eigenvalue weighted by atomic mass is 16.5. The number of aryl methyl sites for hydroxylation is 1. The van der Waals surface area contributed by atoms with Gasteiger partial charge in [0.25, 0.3) is 11.8 Å². The summed E-state index contributed by atoms with van der Waals surface area (Å²) >= 11 is 0. The van der Waals surface area contributed by atoms with Gasteiger partial charge in [0.2, 0.25) is 0 Å². The maximum Gasteiger partial charge on any atom is 0.291 e. The number of ether oxygens (including phenoxy) is 2. The normalized spacial score (nSPS) is 10.6. The van der Waals surface area contributed by atoms with Crippen molar-refractivity contribution in [2.45, 2.75) is 26.7 Å². The smallest absolute Gasteiger partial charge is 0.291 e. The molecule has 0 atom stereocenters. The van der Waals surface area contributed by atoms with Gasteiger partial charge in [-0.25, -0.2) is 0 Å². The van der Waals surface area contributed by atoms with E-state index in [2.05, 4.69) is 24.5 Å². The van der Waals surface area contributed by atoms with E-state index in [4.69, 9.17) is 13.9 Å². The Labute approximate surface area is 181 Å². The highest BCUT2D eigenvalue weighted by molar-refractivity contribution is 6.03. The Morgan fingerprint density at radius 3 is 2.52 bits per heavy atom. The number of furan rings is 1. The molecule has 7 heteroatoms. The van der Waals surface area contributed by atoms with Gasteiger partial charge in [-0.3, -0.25) is 9.59 Å². The van der Waals surface area contributed by atoms with E-state index in [0.717, 1.165) is 11.1 Å². The van der Waals surface area contributed by atoms with Crippen LogP contribution in [0, 0.1) is 6.92 Å². The second-order valence-electron chi connectivity index (χ2n) is 7.38. The second kappa shape index (κ2) is 9.84. The van der Waals surface area contributed by atoms with Crippen molar-refractivity contribution >= 4 is 23.2 Å². The summed E-state index contributed by atoms with van der Waals surface area (Å²) in [5.74, 6) is 0.886. The number of benzene rings is 2. The van der Waals surface area contributed by atoms with Crippen LogP contribution in [0.1, 0.15) is 41.4 Å². The van der Waals surface area contributed by atoms with E-state index in [1.165, 1.54) is 13.4 Å². The van der Waals surface area contributed by atoms with Crippen LogP contribution in [0.15, 0.2) is 59.2 Å². The van der Waals surface area contributed by atoms with Crippen LogP contribution in [0.2, 0.25) is 0 Å². The number of methoxy groups -OCH3 is 1. The standard InChI is InChI=1S/C24H26N2O5/c1-15(2)18-9-7-16(3)12-21(18)31-14-23(27)25-17-8-10-19(22(13-17)29-4)26-24(28)20-6-5-11-30-20/h5-13,15H,14H2,1-4H3,(H,25,27)(H,26,28). The Hall–Kier alpha value is -3.74. The van der Waals surface area contributed by atoms with Crippen LogP contribution in [0.25, 0.3) is 0 Å². The van der Waals surface area contributed by atoms with Crippen molar-refractivity contribution in [1.29, 1.82) is 0 Å². The number of carbonyl (C=O) groups is 2. The van der Waals surface area contributed by atoms with Crippen LogP contribution in [0.3, 0.4) is 0 Å². The van der Waals surface area contributed by atoms with Gasteiger partial charge in [0.15, 0.2) is 12.4 Å². The van der Waals surface area contributed by atoms with E-state index in [1.807, 2.05) is 25.1 Å². The van der Waals surface area contributed by atoms with Crippen LogP contribution < -0.4 is 20.1 Å². The Kier molecular flexibility index (Phi) is 6.97. The molecule has 0 spiro atoms. The fraction of sp³-hybridized carbons (Fsp3) is 0.250. The summed E-state index contributed by atoms with van der Waals surface area (Å²) in [6.45, 7) is 6.02. The average molecular weight is 422 g/mol. The van der Waals surface area contributed by atoms with Gasteiger partial charge in [0, 0.05) is 11.8 Å². The lowest BCUT2D eigenvalue weighted by molar-refractivity contribution is -0.118. The van der Waals surface area contributed by atoms with Gasteiger partial charge >= 0.3 is 0 Å². The fourth-order valence-corrected chi connectivity index (χ4v) is 3.05. The van der Waals surface area contributed by atoms with Gasteiger partial charge in [-0.1, -0.05) is 26.0 Å². The molecule has 0 fully saturated rings. The van der Waals surface area contributed by atoms with Gasteiger partial charge in [0.05, 0.1) is 19.1 Å². The molecular formula is C24H26N2O5. The van der Waals surface area contributed by atoms with Crippen LogP contribution in [-0.2, 0) is 4.79 Å². The number of carbonyl (C=O) groups excluding carboxylic acids is 2. The zero-order valence-corrected chi connectivity index (χ0v) is 18.0. The van der Waals surface area contributed by atoms with Gasteiger partial charge in [0.1, 0.15) is 11.5 Å². The molecule has 0 bridgehead atoms. The molecule has 0 saturated carbocycles. The molecular weight excluding hydrogens is 396 g/mol. The third-order valence-electron chi connectivity index (χ3n) is 4.63. The molecule has 2 amide bonds. The number of hydrogen-bond donors (Lipinski definition) is 2. The first-order valence-electron chi connectivity index (χ1n) is 9.93. The first-order chi connectivity index (χ1) is 14.9. The van der Waals surface area contributed by atoms with Gasteiger partial charge in [-0.15, -0.1) is 0 Å².